The summed E-state index contributed by atoms with van der Waals surface area (Å²) in [4.78, 5) is 11.1. The molecule has 1 aromatic carbocycles. The number of hydrogen-bond acceptors (Lipinski definition) is 2. The van der Waals surface area contributed by atoms with Gasteiger partial charge in [0.25, 0.3) is 0 Å². The second-order valence-electron chi connectivity index (χ2n) is 2.72. The van der Waals surface area contributed by atoms with Gasteiger partial charge in [0.2, 0.25) is 0 Å². The van der Waals surface area contributed by atoms with Crippen molar-refractivity contribution in [1.29, 1.82) is 0 Å². The minimum Gasteiger partial charge on any atom is -0.324 e. The van der Waals surface area contributed by atoms with E-state index in [1.165, 1.54) is 12.1 Å². The number of aryl methyl sites for hydroxylation is 1. The van der Waals surface area contributed by atoms with Crippen molar-refractivity contribution in [1.82, 2.24) is 0 Å². The van der Waals surface area contributed by atoms with Crippen LogP contribution in [-0.2, 0) is 0 Å². The summed E-state index contributed by atoms with van der Waals surface area (Å²) in [7, 11) is 0. The Morgan fingerprint density at radius 3 is 2.69 bits per heavy atom. The van der Waals surface area contributed by atoms with Gasteiger partial charge in [-0.15, -0.1) is 0 Å². The van der Waals surface area contributed by atoms with Crippen LogP contribution in [0.3, 0.4) is 0 Å². The van der Waals surface area contributed by atoms with Crippen LogP contribution in [0.1, 0.15) is 15.9 Å². The van der Waals surface area contributed by atoms with E-state index in [0.29, 0.717) is 11.1 Å². The lowest BCUT2D eigenvalue weighted by atomic mass is 10.1. The average Bonchev–Trinajstić information content (AvgIpc) is 2.12. The molecule has 4 heteroatoms. The Bertz CT molecular complexity index is 328. The first-order valence-corrected chi connectivity index (χ1v) is 4.13. The molecule has 2 nitrogen and oxygen atoms in total. The molecule has 0 fully saturated rings. The highest BCUT2D eigenvalue weighted by atomic mass is 35.5. The van der Waals surface area contributed by atoms with Crippen LogP contribution in [-0.4, -0.2) is 12.3 Å². The van der Waals surface area contributed by atoms with Crippen LogP contribution in [0.5, 0.6) is 0 Å². The Hall–Kier alpha value is -0.930. The van der Waals surface area contributed by atoms with E-state index in [4.69, 9.17) is 17.3 Å². The molecule has 0 aliphatic heterocycles. The Kier molecular flexibility index (Phi) is 3.01. The van der Waals surface area contributed by atoms with Gasteiger partial charge >= 0.3 is 0 Å². The quantitative estimate of drug-likeness (QED) is 0.743. The fourth-order valence-corrected chi connectivity index (χ4v) is 1.27. The Morgan fingerprint density at radius 1 is 1.62 bits per heavy atom. The number of Topliss-reactive ketones (excluding diaryl/α,β-unsaturated/α-hetero) is 1. The number of nitrogens with two attached hydrogens (primary N) is 1. The van der Waals surface area contributed by atoms with Gasteiger partial charge in [-0.1, -0.05) is 11.6 Å². The molecule has 0 bridgehead atoms. The van der Waals surface area contributed by atoms with Crippen molar-refractivity contribution < 1.29 is 9.18 Å². The normalized spacial score (nSPS) is 10.2. The molecular formula is C9H9ClFNO. The van der Waals surface area contributed by atoms with Gasteiger partial charge in [-0.3, -0.25) is 4.79 Å². The van der Waals surface area contributed by atoms with Crippen LogP contribution < -0.4 is 5.73 Å². The third kappa shape index (κ3) is 2.05. The van der Waals surface area contributed by atoms with Gasteiger partial charge in [-0.05, 0) is 24.6 Å². The van der Waals surface area contributed by atoms with Crippen molar-refractivity contribution >= 4 is 17.4 Å². The molecule has 13 heavy (non-hydrogen) atoms. The van der Waals surface area contributed by atoms with Gasteiger partial charge in [0.1, 0.15) is 5.82 Å². The van der Waals surface area contributed by atoms with Crippen molar-refractivity contribution in [2.24, 2.45) is 5.73 Å². The SMILES string of the molecule is Cc1cc(C(=O)CN)cc(Cl)c1F. The second kappa shape index (κ2) is 3.85. The number of benzene rings is 1. The second-order valence-corrected chi connectivity index (χ2v) is 3.12. The van der Waals surface area contributed by atoms with Crippen LogP contribution in [0.2, 0.25) is 5.02 Å². The number of carbonyl (C=O) groups excluding carboxylic acids is 1. The summed E-state index contributed by atoms with van der Waals surface area (Å²) in [5.41, 5.74) is 5.86. The fraction of sp³-hybridized carbons (Fsp3) is 0.222. The molecule has 0 spiro atoms. The number of carbonyl (C=O) groups is 1. The lowest BCUT2D eigenvalue weighted by molar-refractivity contribution is 0.100. The summed E-state index contributed by atoms with van der Waals surface area (Å²) in [6.07, 6.45) is 0. The van der Waals surface area contributed by atoms with Gasteiger partial charge in [0.05, 0.1) is 11.6 Å². The summed E-state index contributed by atoms with van der Waals surface area (Å²) in [6, 6.07) is 2.73. The predicted molar refractivity (Wildman–Crippen MR) is 49.5 cm³/mol. The van der Waals surface area contributed by atoms with E-state index in [1.807, 2.05) is 0 Å². The zero-order valence-electron chi connectivity index (χ0n) is 7.10. The van der Waals surface area contributed by atoms with Crippen molar-refractivity contribution in [3.05, 3.63) is 34.1 Å². The lowest BCUT2D eigenvalue weighted by Crippen LogP contribution is -2.13. The molecule has 0 unspecified atom stereocenters. The summed E-state index contributed by atoms with van der Waals surface area (Å²) in [5.74, 6) is -0.736. The maximum atomic E-state index is 13.0. The molecule has 1 rings (SSSR count). The van der Waals surface area contributed by atoms with Gasteiger partial charge < -0.3 is 5.73 Å². The van der Waals surface area contributed by atoms with Gasteiger partial charge in [0.15, 0.2) is 5.78 Å². The predicted octanol–water partition coefficient (Wildman–Crippen LogP) is 1.93. The van der Waals surface area contributed by atoms with Crippen molar-refractivity contribution in [3.63, 3.8) is 0 Å². The van der Waals surface area contributed by atoms with E-state index >= 15 is 0 Å². The number of halogens is 2. The highest BCUT2D eigenvalue weighted by molar-refractivity contribution is 6.31. The molecule has 0 aliphatic rings. The molecular weight excluding hydrogens is 193 g/mol. The summed E-state index contributed by atoms with van der Waals surface area (Å²) < 4.78 is 13.0. The molecule has 0 aliphatic carbocycles. The van der Waals surface area contributed by atoms with E-state index < -0.39 is 5.82 Å². The highest BCUT2D eigenvalue weighted by Gasteiger charge is 2.09. The lowest BCUT2D eigenvalue weighted by Gasteiger charge is -2.03. The van der Waals surface area contributed by atoms with E-state index in [1.54, 1.807) is 6.92 Å². The monoisotopic (exact) mass is 201 g/mol. The molecule has 0 heterocycles. The molecule has 0 aromatic heterocycles. The Labute approximate surface area is 80.5 Å². The summed E-state index contributed by atoms with van der Waals surface area (Å²) >= 11 is 5.55. The first-order valence-electron chi connectivity index (χ1n) is 3.75. The largest absolute Gasteiger partial charge is 0.324 e. The number of ketones is 1. The highest BCUT2D eigenvalue weighted by Crippen LogP contribution is 2.20. The summed E-state index contributed by atoms with van der Waals surface area (Å²) in [6.45, 7) is 1.45. The number of hydrogen-bond donors (Lipinski definition) is 1. The zero-order valence-corrected chi connectivity index (χ0v) is 7.86. The van der Waals surface area contributed by atoms with E-state index in [0.717, 1.165) is 0 Å². The maximum Gasteiger partial charge on any atom is 0.176 e. The maximum absolute atomic E-state index is 13.0. The minimum absolute atomic E-state index is 0.0446. The molecule has 0 radical (unpaired) electrons. The first kappa shape index (κ1) is 10.2. The van der Waals surface area contributed by atoms with Gasteiger partial charge in [-0.25, -0.2) is 4.39 Å². The molecule has 70 valence electrons. The fourth-order valence-electron chi connectivity index (χ4n) is 1.01. The van der Waals surface area contributed by atoms with Gasteiger partial charge in [-0.2, -0.15) is 0 Å². The Balaban J connectivity index is 3.20. The molecule has 0 saturated carbocycles. The van der Waals surface area contributed by atoms with Crippen molar-refractivity contribution in [2.75, 3.05) is 6.54 Å². The topological polar surface area (TPSA) is 43.1 Å². The van der Waals surface area contributed by atoms with Crippen LogP contribution in [0.4, 0.5) is 4.39 Å². The van der Waals surface area contributed by atoms with E-state index in [9.17, 15) is 9.18 Å². The molecule has 1 aromatic rings. The number of rotatable bonds is 2. The van der Waals surface area contributed by atoms with E-state index in [-0.39, 0.29) is 17.4 Å². The van der Waals surface area contributed by atoms with Crippen LogP contribution in [0.25, 0.3) is 0 Å². The minimum atomic E-state index is -0.491. The van der Waals surface area contributed by atoms with Gasteiger partial charge in [0, 0.05) is 5.56 Å². The molecule has 0 saturated heterocycles. The molecule has 0 amide bonds. The average molecular weight is 202 g/mol. The third-order valence-corrected chi connectivity index (χ3v) is 1.99. The zero-order chi connectivity index (χ0) is 10.0. The van der Waals surface area contributed by atoms with Crippen molar-refractivity contribution in [3.8, 4) is 0 Å². The van der Waals surface area contributed by atoms with Crippen molar-refractivity contribution in [2.45, 2.75) is 6.92 Å². The molecule has 0 atom stereocenters. The van der Waals surface area contributed by atoms with Crippen LogP contribution in [0, 0.1) is 12.7 Å². The first-order chi connectivity index (χ1) is 6.06. The van der Waals surface area contributed by atoms with Crippen LogP contribution in [0.15, 0.2) is 12.1 Å². The Morgan fingerprint density at radius 2 is 2.23 bits per heavy atom. The summed E-state index contributed by atoms with van der Waals surface area (Å²) in [5, 5.41) is -0.0446. The molecule has 2 N–H and O–H groups in total. The third-order valence-electron chi connectivity index (χ3n) is 1.72. The van der Waals surface area contributed by atoms with E-state index in [2.05, 4.69) is 0 Å². The van der Waals surface area contributed by atoms with Crippen LogP contribution >= 0.6 is 11.6 Å². The smallest absolute Gasteiger partial charge is 0.176 e. The standard InChI is InChI=1S/C9H9ClFNO/c1-5-2-6(8(13)4-12)3-7(10)9(5)11/h2-3H,4,12H2,1H3.